The zero-order valence-electron chi connectivity index (χ0n) is 18.4. The first-order valence-electron chi connectivity index (χ1n) is 11.4. The second-order valence-electron chi connectivity index (χ2n) is 8.83. The lowest BCUT2D eigenvalue weighted by Crippen LogP contribution is -2.61. The number of fused-ring (bicyclic) bond motifs is 2. The van der Waals surface area contributed by atoms with Crippen molar-refractivity contribution in [2.75, 3.05) is 13.2 Å². The summed E-state index contributed by atoms with van der Waals surface area (Å²) in [7, 11) is 0. The van der Waals surface area contributed by atoms with Gasteiger partial charge in [0.2, 0.25) is 5.72 Å². The molecule has 2 aromatic rings. The summed E-state index contributed by atoms with van der Waals surface area (Å²) < 4.78 is 17.7. The molecule has 8 heteroatoms. The molecule has 3 N–H and O–H groups in total. The second-order valence-corrected chi connectivity index (χ2v) is 9.24. The van der Waals surface area contributed by atoms with Crippen LogP contribution in [0, 0.1) is 0 Å². The van der Waals surface area contributed by atoms with E-state index in [4.69, 9.17) is 30.8 Å². The molecule has 1 saturated heterocycles. The molecular formula is C25H28ClNO6. The average Bonchev–Trinajstić information content (AvgIpc) is 3.43. The molecule has 176 valence electrons. The molecule has 0 bridgehead atoms. The first kappa shape index (κ1) is 22.6. The van der Waals surface area contributed by atoms with Gasteiger partial charge in [0.1, 0.15) is 24.1 Å². The lowest BCUT2D eigenvalue weighted by Gasteiger charge is -2.44. The molecule has 3 heterocycles. The van der Waals surface area contributed by atoms with Crippen LogP contribution in [-0.4, -0.2) is 58.8 Å². The normalized spacial score (nSPS) is 30.3. The van der Waals surface area contributed by atoms with E-state index in [9.17, 15) is 15.3 Å². The van der Waals surface area contributed by atoms with Crippen molar-refractivity contribution in [3.8, 4) is 5.75 Å². The predicted molar refractivity (Wildman–Crippen MR) is 123 cm³/mol. The molecule has 0 aliphatic carbocycles. The maximum atomic E-state index is 10.8. The van der Waals surface area contributed by atoms with Crippen LogP contribution in [0.15, 0.2) is 41.4 Å². The molecule has 0 radical (unpaired) electrons. The lowest BCUT2D eigenvalue weighted by molar-refractivity contribution is -0.262. The molecule has 0 spiro atoms. The smallest absolute Gasteiger partial charge is 0.228 e. The molecule has 5 atom stereocenters. The van der Waals surface area contributed by atoms with Gasteiger partial charge in [-0.05, 0) is 47.7 Å². The van der Waals surface area contributed by atoms with Crippen molar-refractivity contribution in [3.63, 3.8) is 0 Å². The predicted octanol–water partition coefficient (Wildman–Crippen LogP) is 2.73. The van der Waals surface area contributed by atoms with Crippen LogP contribution < -0.4 is 4.74 Å². The Morgan fingerprint density at radius 3 is 2.79 bits per heavy atom. The standard InChI is InChI=1S/C25H28ClNO6/c1-2-3-21-27-25(24(32-21)23(30)22(29)20(13-28)33-25)17-5-6-18(26)16(12-17)11-14-4-7-19-15(10-14)8-9-31-19/h4-7,10,12,20,22-24,28-30H,2-3,8-9,11,13H2,1H3/t20-,22-,23+,24?,25?/m1/s1. The van der Waals surface area contributed by atoms with E-state index in [1.807, 2.05) is 25.1 Å². The van der Waals surface area contributed by atoms with Crippen LogP contribution in [0.25, 0.3) is 0 Å². The van der Waals surface area contributed by atoms with Crippen molar-refractivity contribution in [3.05, 3.63) is 63.7 Å². The fourth-order valence-corrected chi connectivity index (χ4v) is 5.05. The minimum Gasteiger partial charge on any atom is -0.493 e. The summed E-state index contributed by atoms with van der Waals surface area (Å²) >= 11 is 6.57. The van der Waals surface area contributed by atoms with Gasteiger partial charge in [-0.25, -0.2) is 4.99 Å². The van der Waals surface area contributed by atoms with E-state index in [1.165, 1.54) is 5.56 Å². The van der Waals surface area contributed by atoms with Crippen molar-refractivity contribution >= 4 is 17.5 Å². The SMILES string of the molecule is CCCC1=NC2(c3ccc(Cl)c(Cc4ccc5c(c4)CCO5)c3)O[C@H](CO)[C@@H](O)[C@H](O)C2O1. The molecule has 2 aromatic carbocycles. The highest BCUT2D eigenvalue weighted by atomic mass is 35.5. The van der Waals surface area contributed by atoms with E-state index in [1.54, 1.807) is 12.1 Å². The third-order valence-electron chi connectivity index (χ3n) is 6.56. The maximum Gasteiger partial charge on any atom is 0.228 e. The number of hydrogen-bond acceptors (Lipinski definition) is 7. The lowest BCUT2D eigenvalue weighted by atomic mass is 9.85. The molecule has 2 unspecified atom stereocenters. The summed E-state index contributed by atoms with van der Waals surface area (Å²) in [5.41, 5.74) is 2.46. The molecule has 1 fully saturated rings. The number of benzene rings is 2. The number of aliphatic hydroxyl groups excluding tert-OH is 3. The van der Waals surface area contributed by atoms with E-state index in [2.05, 4.69) is 6.07 Å². The summed E-state index contributed by atoms with van der Waals surface area (Å²) in [6, 6.07) is 11.7. The molecular weight excluding hydrogens is 446 g/mol. The number of aliphatic imine (C=N–C) groups is 1. The number of nitrogens with zero attached hydrogens (tertiary/aromatic N) is 1. The summed E-state index contributed by atoms with van der Waals surface area (Å²) in [5.74, 6) is 1.39. The van der Waals surface area contributed by atoms with Crippen LogP contribution >= 0.6 is 11.6 Å². The highest BCUT2D eigenvalue weighted by Gasteiger charge is 2.60. The van der Waals surface area contributed by atoms with Gasteiger partial charge < -0.3 is 29.5 Å². The Morgan fingerprint density at radius 1 is 1.15 bits per heavy atom. The van der Waals surface area contributed by atoms with Crippen molar-refractivity contribution in [1.82, 2.24) is 0 Å². The van der Waals surface area contributed by atoms with Crippen LogP contribution in [-0.2, 0) is 28.0 Å². The van der Waals surface area contributed by atoms with Crippen LogP contribution in [0.1, 0.15) is 42.0 Å². The third kappa shape index (κ3) is 3.92. The second kappa shape index (κ2) is 8.89. The van der Waals surface area contributed by atoms with Crippen molar-refractivity contribution in [2.45, 2.75) is 62.7 Å². The zero-order chi connectivity index (χ0) is 23.2. The summed E-state index contributed by atoms with van der Waals surface area (Å²) in [4.78, 5) is 4.74. The Hall–Kier alpha value is -2.16. The van der Waals surface area contributed by atoms with E-state index in [-0.39, 0.29) is 0 Å². The van der Waals surface area contributed by atoms with Gasteiger partial charge in [0, 0.05) is 23.4 Å². The molecule has 0 aromatic heterocycles. The third-order valence-corrected chi connectivity index (χ3v) is 6.93. The average molecular weight is 474 g/mol. The van der Waals surface area contributed by atoms with Crippen molar-refractivity contribution in [2.24, 2.45) is 4.99 Å². The van der Waals surface area contributed by atoms with Crippen LogP contribution in [0.3, 0.4) is 0 Å². The maximum absolute atomic E-state index is 10.8. The fraction of sp³-hybridized carbons (Fsp3) is 0.480. The highest BCUT2D eigenvalue weighted by molar-refractivity contribution is 6.31. The first-order chi connectivity index (χ1) is 15.9. The number of aliphatic hydroxyl groups is 3. The molecule has 7 nitrogen and oxygen atoms in total. The van der Waals surface area contributed by atoms with Gasteiger partial charge in [-0.3, -0.25) is 0 Å². The Labute approximate surface area is 197 Å². The van der Waals surface area contributed by atoms with Crippen LogP contribution in [0.4, 0.5) is 0 Å². The van der Waals surface area contributed by atoms with E-state index < -0.39 is 36.7 Å². The number of hydrogen-bond donors (Lipinski definition) is 3. The fourth-order valence-electron chi connectivity index (χ4n) is 4.87. The summed E-state index contributed by atoms with van der Waals surface area (Å²) in [5, 5.41) is 31.7. The number of ether oxygens (including phenoxy) is 3. The molecule has 3 aliphatic heterocycles. The summed E-state index contributed by atoms with van der Waals surface area (Å²) in [6.07, 6.45) is -1.62. The van der Waals surface area contributed by atoms with Crippen LogP contribution in [0.5, 0.6) is 5.75 Å². The van der Waals surface area contributed by atoms with Gasteiger partial charge in [-0.2, -0.15) is 0 Å². The van der Waals surface area contributed by atoms with E-state index in [0.717, 1.165) is 29.7 Å². The highest BCUT2D eigenvalue weighted by Crippen LogP contribution is 2.46. The molecule has 0 amide bonds. The van der Waals surface area contributed by atoms with Crippen LogP contribution in [0.2, 0.25) is 5.02 Å². The minimum atomic E-state index is -1.37. The first-order valence-corrected chi connectivity index (χ1v) is 11.8. The Bertz CT molecular complexity index is 1070. The Kier molecular flexibility index (Phi) is 6.09. The molecule has 0 saturated carbocycles. The van der Waals surface area contributed by atoms with Crippen molar-refractivity contribution in [1.29, 1.82) is 0 Å². The topological polar surface area (TPSA) is 101 Å². The minimum absolute atomic E-state index is 0.455. The van der Waals surface area contributed by atoms with E-state index in [0.29, 0.717) is 35.9 Å². The van der Waals surface area contributed by atoms with Crippen molar-refractivity contribution < 1.29 is 29.5 Å². The monoisotopic (exact) mass is 473 g/mol. The van der Waals surface area contributed by atoms with Gasteiger partial charge in [-0.1, -0.05) is 36.7 Å². The zero-order valence-corrected chi connectivity index (χ0v) is 19.2. The van der Waals surface area contributed by atoms with Gasteiger partial charge >= 0.3 is 0 Å². The van der Waals surface area contributed by atoms with Gasteiger partial charge in [0.05, 0.1) is 13.2 Å². The number of rotatable bonds is 6. The van der Waals surface area contributed by atoms with E-state index >= 15 is 0 Å². The number of halogens is 1. The van der Waals surface area contributed by atoms with Gasteiger partial charge in [0.25, 0.3) is 0 Å². The summed E-state index contributed by atoms with van der Waals surface area (Å²) in [6.45, 7) is 2.25. The quantitative estimate of drug-likeness (QED) is 0.596. The Morgan fingerprint density at radius 2 is 2.00 bits per heavy atom. The van der Waals surface area contributed by atoms with Gasteiger partial charge in [0.15, 0.2) is 12.0 Å². The molecule has 5 rings (SSSR count). The molecule has 33 heavy (non-hydrogen) atoms. The molecule has 3 aliphatic rings. The largest absolute Gasteiger partial charge is 0.493 e. The van der Waals surface area contributed by atoms with Gasteiger partial charge in [-0.15, -0.1) is 0 Å². The Balaban J connectivity index is 1.53.